The van der Waals surface area contributed by atoms with Gasteiger partial charge in [-0.25, -0.2) is 0 Å². The van der Waals surface area contributed by atoms with Crippen LogP contribution in [0.15, 0.2) is 78.9 Å². The Morgan fingerprint density at radius 1 is 0.925 bits per heavy atom. The van der Waals surface area contributed by atoms with Crippen LogP contribution in [0.2, 0.25) is 5.02 Å². The second-order valence-electron chi connectivity index (χ2n) is 10.3. The molecule has 4 rings (SSSR count). The van der Waals surface area contributed by atoms with Crippen LogP contribution < -0.4 is 14.8 Å². The Bertz CT molecular complexity index is 1210. The van der Waals surface area contributed by atoms with Crippen LogP contribution in [0.4, 0.5) is 0 Å². The Hall–Kier alpha value is -3.51. The van der Waals surface area contributed by atoms with Crippen molar-refractivity contribution in [2.75, 3.05) is 13.7 Å². The molecule has 0 saturated heterocycles. The van der Waals surface area contributed by atoms with E-state index in [0.717, 1.165) is 48.3 Å². The van der Waals surface area contributed by atoms with E-state index in [1.54, 1.807) is 12.0 Å². The van der Waals surface area contributed by atoms with E-state index in [1.807, 2.05) is 78.9 Å². The molecule has 40 heavy (non-hydrogen) atoms. The minimum absolute atomic E-state index is 0.0852. The first-order valence-electron chi connectivity index (χ1n) is 14.2. The normalized spacial score (nSPS) is 14.2. The molecule has 1 saturated carbocycles. The maximum Gasteiger partial charge on any atom is 0.243 e. The summed E-state index contributed by atoms with van der Waals surface area (Å²) in [5.41, 5.74) is 1.90. The molecule has 0 aromatic heterocycles. The predicted molar refractivity (Wildman–Crippen MR) is 159 cm³/mol. The number of halogens is 1. The van der Waals surface area contributed by atoms with Crippen molar-refractivity contribution in [2.24, 2.45) is 0 Å². The Kier molecular flexibility index (Phi) is 11.3. The van der Waals surface area contributed by atoms with Crippen molar-refractivity contribution in [1.29, 1.82) is 0 Å². The Morgan fingerprint density at radius 2 is 1.62 bits per heavy atom. The summed E-state index contributed by atoms with van der Waals surface area (Å²) in [6, 6.07) is 24.3. The number of carbonyl (C=O) groups excluding carboxylic acids is 2. The molecule has 7 heteroatoms. The van der Waals surface area contributed by atoms with Crippen LogP contribution in [0.25, 0.3) is 0 Å². The lowest BCUT2D eigenvalue weighted by atomic mass is 9.94. The van der Waals surface area contributed by atoms with Crippen LogP contribution in [-0.2, 0) is 22.6 Å². The number of ether oxygens (including phenoxy) is 2. The van der Waals surface area contributed by atoms with Gasteiger partial charge in [0.15, 0.2) is 0 Å². The van der Waals surface area contributed by atoms with Crippen LogP contribution in [0, 0.1) is 0 Å². The molecule has 0 heterocycles. The van der Waals surface area contributed by atoms with Crippen molar-refractivity contribution in [2.45, 2.75) is 70.0 Å². The number of nitrogens with one attached hydrogen (secondary N) is 1. The van der Waals surface area contributed by atoms with Gasteiger partial charge in [-0.2, -0.15) is 0 Å². The zero-order valence-electron chi connectivity index (χ0n) is 23.2. The molecular weight excluding hydrogens is 524 g/mol. The summed E-state index contributed by atoms with van der Waals surface area (Å²) >= 11 is 6.28. The zero-order valence-corrected chi connectivity index (χ0v) is 23.9. The van der Waals surface area contributed by atoms with E-state index in [9.17, 15) is 9.59 Å². The summed E-state index contributed by atoms with van der Waals surface area (Å²) < 4.78 is 11.0. The van der Waals surface area contributed by atoms with E-state index in [2.05, 4.69) is 5.32 Å². The van der Waals surface area contributed by atoms with Gasteiger partial charge in [-0.05, 0) is 66.8 Å². The van der Waals surface area contributed by atoms with Crippen LogP contribution in [0.3, 0.4) is 0 Å². The molecule has 1 aliphatic carbocycles. The summed E-state index contributed by atoms with van der Waals surface area (Å²) in [4.78, 5) is 29.3. The molecule has 1 fully saturated rings. The molecule has 1 unspecified atom stereocenters. The maximum atomic E-state index is 13.8. The summed E-state index contributed by atoms with van der Waals surface area (Å²) in [6.07, 6.45) is 6.63. The first kappa shape index (κ1) is 29.5. The number of benzene rings is 3. The number of hydrogen-bond donors (Lipinski definition) is 1. The van der Waals surface area contributed by atoms with E-state index in [4.69, 9.17) is 21.1 Å². The summed E-state index contributed by atoms with van der Waals surface area (Å²) in [7, 11) is 1.62. The molecule has 0 spiro atoms. The molecule has 2 amide bonds. The lowest BCUT2D eigenvalue weighted by Gasteiger charge is -2.33. The fourth-order valence-electron chi connectivity index (χ4n) is 5.16. The highest BCUT2D eigenvalue weighted by atomic mass is 35.5. The topological polar surface area (TPSA) is 67.9 Å². The van der Waals surface area contributed by atoms with Crippen molar-refractivity contribution < 1.29 is 19.1 Å². The summed E-state index contributed by atoms with van der Waals surface area (Å²) in [5, 5.41) is 3.88. The van der Waals surface area contributed by atoms with Gasteiger partial charge in [0.05, 0.1) is 13.7 Å². The highest BCUT2D eigenvalue weighted by molar-refractivity contribution is 6.30. The number of carbonyl (C=O) groups is 2. The smallest absolute Gasteiger partial charge is 0.243 e. The van der Waals surface area contributed by atoms with Crippen LogP contribution in [0.1, 0.15) is 56.1 Å². The molecule has 0 radical (unpaired) electrons. The molecule has 212 valence electrons. The first-order valence-corrected chi connectivity index (χ1v) is 14.5. The number of hydrogen-bond acceptors (Lipinski definition) is 4. The zero-order chi connectivity index (χ0) is 28.2. The highest BCUT2D eigenvalue weighted by Crippen LogP contribution is 2.22. The second kappa shape index (κ2) is 15.3. The van der Waals surface area contributed by atoms with Gasteiger partial charge in [-0.3, -0.25) is 9.59 Å². The standard InChI is InChI=1S/C33H39ClN2O4/c1-39-29-17-19-30(20-18-29)40-21-9-16-32(37)36(24-26-12-8-13-27(34)22-26)31(23-25-10-4-2-5-11-25)33(38)35-28-14-6-3-7-15-28/h2,4-5,8,10-13,17-20,22,28,31H,3,6-7,9,14-16,21,23-24H2,1H3,(H,35,38). The van der Waals surface area contributed by atoms with E-state index in [-0.39, 0.29) is 24.3 Å². The van der Waals surface area contributed by atoms with Crippen LogP contribution in [-0.4, -0.2) is 42.5 Å². The molecular formula is C33H39ClN2O4. The molecule has 0 aliphatic heterocycles. The Morgan fingerprint density at radius 3 is 2.33 bits per heavy atom. The quantitative estimate of drug-likeness (QED) is 0.238. The number of methoxy groups -OCH3 is 1. The maximum absolute atomic E-state index is 13.8. The number of rotatable bonds is 13. The molecule has 3 aromatic carbocycles. The van der Waals surface area contributed by atoms with Gasteiger partial charge >= 0.3 is 0 Å². The SMILES string of the molecule is COc1ccc(OCCCC(=O)N(Cc2cccc(Cl)c2)C(Cc2ccccc2)C(=O)NC2CCCCC2)cc1. The van der Waals surface area contributed by atoms with Crippen molar-refractivity contribution in [1.82, 2.24) is 10.2 Å². The van der Waals surface area contributed by atoms with E-state index in [0.29, 0.717) is 31.0 Å². The molecule has 6 nitrogen and oxygen atoms in total. The van der Waals surface area contributed by atoms with Crippen molar-refractivity contribution in [3.8, 4) is 11.5 Å². The van der Waals surface area contributed by atoms with Gasteiger partial charge in [0.1, 0.15) is 17.5 Å². The lowest BCUT2D eigenvalue weighted by Crippen LogP contribution is -2.52. The molecule has 1 aliphatic rings. The van der Waals surface area contributed by atoms with Gasteiger partial charge in [0, 0.05) is 30.5 Å². The molecule has 3 aromatic rings. The van der Waals surface area contributed by atoms with Crippen LogP contribution >= 0.6 is 11.6 Å². The molecule has 1 N–H and O–H groups in total. The molecule has 0 bridgehead atoms. The van der Waals surface area contributed by atoms with Crippen LogP contribution in [0.5, 0.6) is 11.5 Å². The monoisotopic (exact) mass is 562 g/mol. The van der Waals surface area contributed by atoms with E-state index < -0.39 is 6.04 Å². The van der Waals surface area contributed by atoms with Crippen molar-refractivity contribution >= 4 is 23.4 Å². The van der Waals surface area contributed by atoms with Gasteiger partial charge in [0.25, 0.3) is 0 Å². The minimum atomic E-state index is -0.640. The fourth-order valence-corrected chi connectivity index (χ4v) is 5.37. The van der Waals surface area contributed by atoms with Gasteiger partial charge < -0.3 is 19.7 Å². The van der Waals surface area contributed by atoms with Gasteiger partial charge in [-0.15, -0.1) is 0 Å². The molecule has 1 atom stereocenters. The van der Waals surface area contributed by atoms with Crippen molar-refractivity contribution in [3.05, 3.63) is 95.0 Å². The average molecular weight is 563 g/mol. The number of amides is 2. The van der Waals surface area contributed by atoms with E-state index in [1.165, 1.54) is 6.42 Å². The largest absolute Gasteiger partial charge is 0.497 e. The summed E-state index contributed by atoms with van der Waals surface area (Å²) in [5.74, 6) is 1.30. The lowest BCUT2D eigenvalue weighted by molar-refractivity contribution is -0.141. The predicted octanol–water partition coefficient (Wildman–Crippen LogP) is 6.60. The van der Waals surface area contributed by atoms with Gasteiger partial charge in [0.2, 0.25) is 11.8 Å². The van der Waals surface area contributed by atoms with E-state index >= 15 is 0 Å². The number of nitrogens with zero attached hydrogens (tertiary/aromatic N) is 1. The van der Waals surface area contributed by atoms with Gasteiger partial charge in [-0.1, -0.05) is 73.3 Å². The average Bonchev–Trinajstić information content (AvgIpc) is 2.98. The Balaban J connectivity index is 1.50. The first-order chi connectivity index (χ1) is 19.5. The van der Waals surface area contributed by atoms with Crippen molar-refractivity contribution in [3.63, 3.8) is 0 Å². The third-order valence-corrected chi connectivity index (χ3v) is 7.56. The second-order valence-corrected chi connectivity index (χ2v) is 10.8. The fraction of sp³-hybridized carbons (Fsp3) is 0.394. The summed E-state index contributed by atoms with van der Waals surface area (Å²) in [6.45, 7) is 0.689. The third kappa shape index (κ3) is 9.02. The Labute approximate surface area is 242 Å². The third-order valence-electron chi connectivity index (χ3n) is 7.33. The highest BCUT2D eigenvalue weighted by Gasteiger charge is 2.31. The minimum Gasteiger partial charge on any atom is -0.497 e.